The van der Waals surface area contributed by atoms with Crippen molar-refractivity contribution in [2.45, 2.75) is 32.9 Å². The topological polar surface area (TPSA) is 55.3 Å². The van der Waals surface area contributed by atoms with E-state index in [-0.39, 0.29) is 5.91 Å². The third-order valence-corrected chi connectivity index (χ3v) is 4.91. The van der Waals surface area contributed by atoms with Gasteiger partial charge in [0, 0.05) is 22.9 Å². The predicted molar refractivity (Wildman–Crippen MR) is 110 cm³/mol. The highest BCUT2D eigenvalue weighted by atomic mass is 35.5. The molecule has 1 atom stereocenters. The summed E-state index contributed by atoms with van der Waals surface area (Å²) in [5.74, 6) is 1.20. The molecule has 0 spiro atoms. The van der Waals surface area contributed by atoms with Crippen molar-refractivity contribution in [1.82, 2.24) is 9.97 Å². The molecule has 28 heavy (non-hydrogen) atoms. The number of fused-ring (bicyclic) bond motifs is 2. The lowest BCUT2D eigenvalue weighted by molar-refractivity contribution is 0.0845. The maximum absolute atomic E-state index is 13.2. The number of amides is 1. The molecular weight excluding hydrogens is 374 g/mol. The van der Waals surface area contributed by atoms with E-state index in [1.165, 1.54) is 0 Å². The molecule has 0 radical (unpaired) electrons. The van der Waals surface area contributed by atoms with Crippen molar-refractivity contribution in [3.8, 4) is 0 Å². The normalized spacial score (nSPS) is 16.5. The van der Waals surface area contributed by atoms with Gasteiger partial charge in [-0.05, 0) is 42.8 Å². The second-order valence-electron chi connectivity index (χ2n) is 6.51. The lowest BCUT2D eigenvalue weighted by Crippen LogP contribution is -2.30. The number of nitrogens with zero attached hydrogens (tertiary/aromatic N) is 3. The minimum Gasteiger partial charge on any atom is -0.470 e. The van der Waals surface area contributed by atoms with Crippen molar-refractivity contribution in [2.75, 3.05) is 4.90 Å². The molecule has 4 rings (SSSR count). The Kier molecular flexibility index (Phi) is 5.01. The van der Waals surface area contributed by atoms with Gasteiger partial charge in [-0.3, -0.25) is 9.69 Å². The van der Waals surface area contributed by atoms with Gasteiger partial charge in [-0.15, -0.1) is 0 Å². The molecule has 0 aliphatic carbocycles. The molecule has 3 heterocycles. The number of aromatic nitrogens is 2. The Morgan fingerprint density at radius 2 is 1.93 bits per heavy atom. The van der Waals surface area contributed by atoms with E-state index in [9.17, 15) is 4.79 Å². The lowest BCUT2D eigenvalue weighted by atomic mass is 10.1. The van der Waals surface area contributed by atoms with Gasteiger partial charge in [0.1, 0.15) is 11.0 Å². The fraction of sp³-hybridized carbons (Fsp3) is 0.227. The summed E-state index contributed by atoms with van der Waals surface area (Å²) in [6.45, 7) is 4.10. The van der Waals surface area contributed by atoms with Crippen LogP contribution in [-0.4, -0.2) is 15.9 Å². The van der Waals surface area contributed by atoms with Crippen LogP contribution in [0.25, 0.3) is 11.0 Å². The van der Waals surface area contributed by atoms with E-state index in [0.29, 0.717) is 22.2 Å². The molecule has 0 N–H and O–H groups in total. The van der Waals surface area contributed by atoms with Crippen LogP contribution in [0.4, 0.5) is 5.82 Å². The van der Waals surface area contributed by atoms with Crippen molar-refractivity contribution in [2.24, 2.45) is 0 Å². The largest absolute Gasteiger partial charge is 0.470 e. The van der Waals surface area contributed by atoms with E-state index in [4.69, 9.17) is 16.3 Å². The fourth-order valence-electron chi connectivity index (χ4n) is 3.37. The first kappa shape index (κ1) is 18.4. The zero-order valence-corrected chi connectivity index (χ0v) is 16.5. The highest BCUT2D eigenvalue weighted by Gasteiger charge is 2.40. The van der Waals surface area contributed by atoms with E-state index < -0.39 is 6.23 Å². The van der Waals surface area contributed by atoms with Gasteiger partial charge in [0.2, 0.25) is 6.23 Å². The molecule has 0 bridgehead atoms. The molecule has 0 fully saturated rings. The summed E-state index contributed by atoms with van der Waals surface area (Å²) in [4.78, 5) is 23.6. The molecule has 6 heteroatoms. The Balaban J connectivity index is 1.81. The third-order valence-electron chi connectivity index (χ3n) is 4.70. The molecule has 1 aliphatic heterocycles. The van der Waals surface area contributed by atoms with E-state index in [0.717, 1.165) is 29.6 Å². The van der Waals surface area contributed by atoms with Gasteiger partial charge in [-0.25, -0.2) is 9.97 Å². The van der Waals surface area contributed by atoms with Gasteiger partial charge in [-0.2, -0.15) is 0 Å². The average Bonchev–Trinajstić information content (AvgIpc) is 2.99. The summed E-state index contributed by atoms with van der Waals surface area (Å²) in [6.07, 6.45) is 3.09. The Morgan fingerprint density at radius 3 is 2.71 bits per heavy atom. The molecule has 5 nitrogen and oxygen atoms in total. The van der Waals surface area contributed by atoms with E-state index in [2.05, 4.69) is 16.9 Å². The zero-order chi connectivity index (χ0) is 19.7. The Labute approximate surface area is 168 Å². The summed E-state index contributed by atoms with van der Waals surface area (Å²) >= 11 is 6.02. The van der Waals surface area contributed by atoms with Gasteiger partial charge in [-0.1, -0.05) is 43.6 Å². The second kappa shape index (κ2) is 7.60. The predicted octanol–water partition coefficient (Wildman–Crippen LogP) is 5.66. The van der Waals surface area contributed by atoms with Gasteiger partial charge in [0.25, 0.3) is 5.91 Å². The van der Waals surface area contributed by atoms with Crippen molar-refractivity contribution in [3.05, 3.63) is 76.6 Å². The van der Waals surface area contributed by atoms with E-state index in [1.807, 2.05) is 55.5 Å². The first-order valence-corrected chi connectivity index (χ1v) is 9.71. The summed E-state index contributed by atoms with van der Waals surface area (Å²) in [7, 11) is 0. The zero-order valence-electron chi connectivity index (χ0n) is 15.7. The summed E-state index contributed by atoms with van der Waals surface area (Å²) < 4.78 is 6.28. The smallest absolute Gasteiger partial charge is 0.263 e. The maximum Gasteiger partial charge on any atom is 0.263 e. The Bertz CT molecular complexity index is 1080. The first-order valence-electron chi connectivity index (χ1n) is 9.33. The van der Waals surface area contributed by atoms with Crippen molar-refractivity contribution in [3.63, 3.8) is 0 Å². The van der Waals surface area contributed by atoms with Crippen LogP contribution in [-0.2, 0) is 4.74 Å². The quantitative estimate of drug-likeness (QED) is 0.414. The van der Waals surface area contributed by atoms with Gasteiger partial charge in [0.05, 0.1) is 5.76 Å². The Hall–Kier alpha value is -2.92. The number of benzene rings is 1. The number of hydrogen-bond acceptors (Lipinski definition) is 4. The molecule has 1 unspecified atom stereocenters. The van der Waals surface area contributed by atoms with Crippen LogP contribution in [0.2, 0.25) is 5.15 Å². The summed E-state index contributed by atoms with van der Waals surface area (Å²) in [5, 5.41) is 1.22. The minimum atomic E-state index is -0.564. The molecule has 3 aromatic rings. The average molecular weight is 394 g/mol. The molecule has 1 aromatic carbocycles. The molecule has 2 aromatic heterocycles. The second-order valence-corrected chi connectivity index (χ2v) is 6.90. The van der Waals surface area contributed by atoms with E-state index in [1.54, 1.807) is 11.0 Å². The standard InChI is InChI=1S/C22H20ClN3O2/c1-3-7-15(4-2)28-22-17-9-6-5-8-16(17)21(27)26(22)19-13-11-14-10-12-18(23)24-20(14)25-19/h5-13,22H,3-4H2,1-2H3. The van der Waals surface area contributed by atoms with Crippen LogP contribution in [0.1, 0.15) is 48.8 Å². The van der Waals surface area contributed by atoms with Gasteiger partial charge >= 0.3 is 0 Å². The van der Waals surface area contributed by atoms with Crippen LogP contribution in [0, 0.1) is 0 Å². The van der Waals surface area contributed by atoms with Crippen LogP contribution < -0.4 is 4.90 Å². The monoisotopic (exact) mass is 393 g/mol. The number of rotatable bonds is 5. The number of ether oxygens (including phenoxy) is 1. The summed E-state index contributed by atoms with van der Waals surface area (Å²) in [6, 6.07) is 14.8. The number of hydrogen-bond donors (Lipinski definition) is 0. The highest BCUT2D eigenvalue weighted by Crippen LogP contribution is 2.39. The van der Waals surface area contributed by atoms with Gasteiger partial charge in [0.15, 0.2) is 5.65 Å². The molecule has 1 amide bonds. The minimum absolute atomic E-state index is 0.138. The van der Waals surface area contributed by atoms with Gasteiger partial charge < -0.3 is 4.74 Å². The number of carbonyl (C=O) groups is 1. The Morgan fingerprint density at radius 1 is 1.14 bits per heavy atom. The molecule has 0 saturated heterocycles. The lowest BCUT2D eigenvalue weighted by Gasteiger charge is -2.26. The maximum atomic E-state index is 13.2. The van der Waals surface area contributed by atoms with Crippen LogP contribution in [0.3, 0.4) is 0 Å². The molecular formula is C22H20ClN3O2. The third kappa shape index (κ3) is 3.22. The number of carbonyl (C=O) groups excluding carboxylic acids is 1. The van der Waals surface area contributed by atoms with E-state index >= 15 is 0 Å². The number of anilines is 1. The number of pyridine rings is 2. The fourth-order valence-corrected chi connectivity index (χ4v) is 3.51. The SMILES string of the molecule is CCC=C(CC)OC1c2ccccc2C(=O)N1c1ccc2ccc(Cl)nc2n1. The van der Waals surface area contributed by atoms with Crippen LogP contribution in [0.15, 0.2) is 60.4 Å². The van der Waals surface area contributed by atoms with Crippen LogP contribution in [0.5, 0.6) is 0 Å². The van der Waals surface area contributed by atoms with Crippen molar-refractivity contribution < 1.29 is 9.53 Å². The van der Waals surface area contributed by atoms with Crippen molar-refractivity contribution >= 4 is 34.4 Å². The van der Waals surface area contributed by atoms with Crippen molar-refractivity contribution in [1.29, 1.82) is 0 Å². The highest BCUT2D eigenvalue weighted by molar-refractivity contribution is 6.29. The van der Waals surface area contributed by atoms with Crippen LogP contribution >= 0.6 is 11.6 Å². The first-order chi connectivity index (χ1) is 13.6. The number of halogens is 1. The molecule has 0 saturated carbocycles. The summed E-state index contributed by atoms with van der Waals surface area (Å²) in [5.41, 5.74) is 1.96. The molecule has 1 aliphatic rings. The number of allylic oxidation sites excluding steroid dienone is 2. The molecule has 142 valence electrons.